The van der Waals surface area contributed by atoms with Crippen LogP contribution in [0.15, 0.2) is 72.9 Å². The molecule has 0 bridgehead atoms. The van der Waals surface area contributed by atoms with Crippen LogP contribution in [0.2, 0.25) is 0 Å². The second-order valence-corrected chi connectivity index (χ2v) is 44.0. The Morgan fingerprint density at radius 2 is 0.322 bits per heavy atom. The molecule has 0 saturated carbocycles. The first-order valence-corrected chi connectivity index (χ1v) is 61.4. The molecule has 0 aromatic rings. The van der Waals surface area contributed by atoms with Crippen molar-refractivity contribution in [3.05, 3.63) is 72.9 Å². The standard InChI is InChI=1S/C127H228O16/c1-3-5-7-8-9-10-35-48-62-77-92-108-124(107-6-4-2,109-93-78-69-61-76-91-106-122(140)141)126(113-97-82-66-54-41-47-60-75-90-105-121(138)139,112-96-81-65-51-38-26-17-11-14-21-30-42-55-70-85-100-116(128)129)127(114-98-83-67-52-39-27-18-12-15-22-31-43-56-71-86-101-117(130)131,115-99-84-68-53-40-28-19-13-16-23-32-44-57-72-87-102-118(132)133)125(123(142)143,111-95-80-64-50-37-29-34-46-59-74-89-104-120(136)137)110-94-79-63-49-36-25-20-24-33-45-58-73-88-103-119(134)135/h12-13,15-16,27-28,39-40,48,62,67,83H,3-11,14,17-26,29-38,41-47,49-61,63-66,68-82,84-115H2,1-2H3,(H,128,129)(H,130,131)(H,132,133)(H,134,135)(H,136,137)(H,138,139)(H,140,141)(H,142,143). The molecular formula is C127H228O16. The van der Waals surface area contributed by atoms with Gasteiger partial charge in [-0.25, -0.2) is 0 Å². The maximum absolute atomic E-state index is 17.1. The van der Waals surface area contributed by atoms with Gasteiger partial charge in [0.15, 0.2) is 0 Å². The van der Waals surface area contributed by atoms with Crippen molar-refractivity contribution in [3.8, 4) is 0 Å². The first kappa shape index (κ1) is 137. The molecule has 0 heterocycles. The molecule has 0 aromatic carbocycles. The van der Waals surface area contributed by atoms with Crippen LogP contribution < -0.4 is 0 Å². The molecule has 0 radical (unpaired) electrons. The van der Waals surface area contributed by atoms with Crippen LogP contribution in [0.5, 0.6) is 0 Å². The van der Waals surface area contributed by atoms with Crippen LogP contribution in [-0.4, -0.2) is 88.6 Å². The van der Waals surface area contributed by atoms with Gasteiger partial charge in [0.2, 0.25) is 0 Å². The molecule has 0 fully saturated rings. The van der Waals surface area contributed by atoms with E-state index >= 15 is 4.79 Å². The summed E-state index contributed by atoms with van der Waals surface area (Å²) in [4.78, 5) is 96.6. The highest BCUT2D eigenvalue weighted by atomic mass is 16.4. The van der Waals surface area contributed by atoms with Crippen LogP contribution in [0.4, 0.5) is 0 Å². The average Bonchev–Trinajstić information content (AvgIpc) is 0.689. The number of hydrogen-bond donors (Lipinski definition) is 8. The molecule has 16 nitrogen and oxygen atoms in total. The first-order valence-electron chi connectivity index (χ1n) is 61.4. The highest BCUT2D eigenvalue weighted by Gasteiger charge is 2.68. The van der Waals surface area contributed by atoms with E-state index in [0.717, 1.165) is 449 Å². The normalized spacial score (nSPS) is 13.8. The quantitative estimate of drug-likeness (QED) is 0.0207. The van der Waals surface area contributed by atoms with Crippen molar-refractivity contribution in [2.75, 3.05) is 0 Å². The summed E-state index contributed by atoms with van der Waals surface area (Å²) in [6.07, 6.45) is 129. The topological polar surface area (TPSA) is 298 Å². The van der Waals surface area contributed by atoms with Crippen molar-refractivity contribution < 1.29 is 79.2 Å². The fourth-order valence-electron chi connectivity index (χ4n) is 23.6. The molecule has 0 saturated heterocycles. The number of carbonyl (C=O) groups is 8. The summed E-state index contributed by atoms with van der Waals surface area (Å²) in [5.74, 6) is -5.54. The summed E-state index contributed by atoms with van der Waals surface area (Å²) >= 11 is 0. The predicted octanol–water partition coefficient (Wildman–Crippen LogP) is 40.4. The van der Waals surface area contributed by atoms with Crippen LogP contribution in [0, 0.1) is 21.7 Å². The number of hydrogen-bond acceptors (Lipinski definition) is 8. The van der Waals surface area contributed by atoms with Crippen molar-refractivity contribution >= 4 is 47.8 Å². The Morgan fingerprint density at radius 3 is 0.566 bits per heavy atom. The minimum Gasteiger partial charge on any atom is -0.481 e. The summed E-state index contributed by atoms with van der Waals surface area (Å²) in [6.45, 7) is 4.71. The van der Waals surface area contributed by atoms with Gasteiger partial charge < -0.3 is 40.9 Å². The third kappa shape index (κ3) is 82.7. The molecule has 0 aliphatic heterocycles. The molecule has 143 heavy (non-hydrogen) atoms. The van der Waals surface area contributed by atoms with Crippen LogP contribution in [0.1, 0.15) is 662 Å². The van der Waals surface area contributed by atoms with Crippen molar-refractivity contribution in [3.63, 3.8) is 0 Å². The van der Waals surface area contributed by atoms with Crippen molar-refractivity contribution in [2.24, 2.45) is 21.7 Å². The van der Waals surface area contributed by atoms with Gasteiger partial charge in [0.1, 0.15) is 0 Å². The van der Waals surface area contributed by atoms with Crippen molar-refractivity contribution in [2.45, 2.75) is 662 Å². The summed E-state index contributed by atoms with van der Waals surface area (Å²) < 4.78 is 0. The van der Waals surface area contributed by atoms with Gasteiger partial charge >= 0.3 is 47.8 Å². The van der Waals surface area contributed by atoms with Gasteiger partial charge in [-0.15, -0.1) is 0 Å². The number of aliphatic carboxylic acids is 8. The fourth-order valence-corrected chi connectivity index (χ4v) is 23.6. The third-order valence-corrected chi connectivity index (χ3v) is 31.8. The van der Waals surface area contributed by atoms with Crippen LogP contribution in [-0.2, 0) is 38.4 Å². The van der Waals surface area contributed by atoms with E-state index in [2.05, 4.69) is 86.8 Å². The lowest BCUT2D eigenvalue weighted by molar-refractivity contribution is -0.214. The van der Waals surface area contributed by atoms with Crippen LogP contribution >= 0.6 is 0 Å². The van der Waals surface area contributed by atoms with E-state index in [9.17, 15) is 59.1 Å². The minimum atomic E-state index is -1.05. The second-order valence-electron chi connectivity index (χ2n) is 44.0. The largest absolute Gasteiger partial charge is 0.481 e. The van der Waals surface area contributed by atoms with Gasteiger partial charge in [-0.3, -0.25) is 38.4 Å². The van der Waals surface area contributed by atoms with Crippen LogP contribution in [0.25, 0.3) is 0 Å². The number of allylic oxidation sites excluding steroid dienone is 12. The predicted molar refractivity (Wildman–Crippen MR) is 603 cm³/mol. The lowest BCUT2D eigenvalue weighted by Crippen LogP contribution is -2.63. The zero-order chi connectivity index (χ0) is 105. The lowest BCUT2D eigenvalue weighted by Gasteiger charge is -2.68. The van der Waals surface area contributed by atoms with Gasteiger partial charge in [-0.05, 0) is 209 Å². The van der Waals surface area contributed by atoms with E-state index in [1.54, 1.807) is 0 Å². The maximum Gasteiger partial charge on any atom is 0.310 e. The maximum atomic E-state index is 17.1. The zero-order valence-electron chi connectivity index (χ0n) is 93.2. The second kappa shape index (κ2) is 103. The molecule has 16 heteroatoms. The van der Waals surface area contributed by atoms with Crippen LogP contribution in [0.3, 0.4) is 0 Å². The summed E-state index contributed by atoms with van der Waals surface area (Å²) in [5, 5.41) is 79.4. The Hall–Kier alpha value is -5.80. The Bertz CT molecular complexity index is 3120. The van der Waals surface area contributed by atoms with Crippen molar-refractivity contribution in [1.82, 2.24) is 0 Å². The molecule has 0 rings (SSSR count). The molecule has 0 aromatic heterocycles. The molecule has 4 atom stereocenters. The van der Waals surface area contributed by atoms with E-state index < -0.39 is 58.6 Å². The molecule has 4 unspecified atom stereocenters. The molecule has 8 N–H and O–H groups in total. The van der Waals surface area contributed by atoms with Gasteiger partial charge in [-0.2, -0.15) is 0 Å². The Balaban J connectivity index is 9.66. The SMILES string of the molecule is CCCCCCCCC=CCCCC(CCCC)(CCCCCCCCC(=O)O)C(CCCCCCCCCCCCCCCCCC(=O)O)(CCCCCCCCCCCC(=O)O)C(CCC=CCC=CCC=CCCCCCCCC(=O)O)(CCCCCC=CCC=CCCCCCCCC(=O)O)C(CCCCCCCCCCCCCCCC(=O)O)(CCCCCCCCCCCCCC(=O)O)C(=O)O. The summed E-state index contributed by atoms with van der Waals surface area (Å²) in [7, 11) is 0. The van der Waals surface area contributed by atoms with Gasteiger partial charge in [0.25, 0.3) is 0 Å². The van der Waals surface area contributed by atoms with E-state index in [4.69, 9.17) is 15.3 Å². The Kier molecular flexibility index (Phi) is 99.2. The van der Waals surface area contributed by atoms with Gasteiger partial charge in [0.05, 0.1) is 5.41 Å². The molecule has 832 valence electrons. The third-order valence-electron chi connectivity index (χ3n) is 31.8. The van der Waals surface area contributed by atoms with E-state index in [1.807, 2.05) is 0 Å². The Morgan fingerprint density at radius 1 is 0.154 bits per heavy atom. The number of carboxylic acid groups (broad SMARTS) is 8. The average molecular weight is 2010 g/mol. The molecule has 0 aliphatic carbocycles. The van der Waals surface area contributed by atoms with E-state index in [-0.39, 0.29) is 55.8 Å². The minimum absolute atomic E-state index is 0.199. The van der Waals surface area contributed by atoms with Crippen molar-refractivity contribution in [1.29, 1.82) is 0 Å². The first-order chi connectivity index (χ1) is 69.7. The monoisotopic (exact) mass is 2010 g/mol. The zero-order valence-corrected chi connectivity index (χ0v) is 93.2. The van der Waals surface area contributed by atoms with E-state index in [0.29, 0.717) is 19.3 Å². The van der Waals surface area contributed by atoms with Gasteiger partial charge in [0, 0.05) is 44.9 Å². The highest BCUT2D eigenvalue weighted by molar-refractivity contribution is 5.76. The Labute approximate surface area is 878 Å². The van der Waals surface area contributed by atoms with Gasteiger partial charge in [-0.1, -0.05) is 498 Å². The molecular weight excluding hydrogens is 1780 g/mol. The molecule has 0 spiro atoms. The highest BCUT2D eigenvalue weighted by Crippen LogP contribution is 2.74. The fraction of sp³-hybridized carbons (Fsp3) is 0.843. The number of carboxylic acids is 8. The summed E-state index contributed by atoms with van der Waals surface area (Å²) in [5.41, 5.74) is -2.24. The van der Waals surface area contributed by atoms with E-state index in [1.165, 1.54) is 135 Å². The number of unbranched alkanes of at least 4 members (excludes halogenated alkanes) is 70. The number of rotatable bonds is 118. The molecule has 0 amide bonds. The smallest absolute Gasteiger partial charge is 0.310 e. The summed E-state index contributed by atoms with van der Waals surface area (Å²) in [6, 6.07) is 0. The lowest BCUT2D eigenvalue weighted by atomic mass is 9.35. The molecule has 0 aliphatic rings.